The fourth-order valence-corrected chi connectivity index (χ4v) is 1.46. The first-order valence-electron chi connectivity index (χ1n) is 5.79. The van der Waals surface area contributed by atoms with E-state index in [0.717, 1.165) is 0 Å². The van der Waals surface area contributed by atoms with Crippen LogP contribution in [0.4, 0.5) is 0 Å². The number of furan rings is 1. The lowest BCUT2D eigenvalue weighted by molar-refractivity contribution is -0.122. The Kier molecular flexibility index (Phi) is 3.46. The third kappa shape index (κ3) is 3.34. The molecule has 1 unspecified atom stereocenters. The molecular formula is C12H16N2O3. The Balaban J connectivity index is 1.76. The van der Waals surface area contributed by atoms with Crippen LogP contribution in [0.15, 0.2) is 22.8 Å². The third-order valence-electron chi connectivity index (χ3n) is 2.75. The lowest BCUT2D eigenvalue weighted by atomic mass is 10.3. The highest BCUT2D eigenvalue weighted by atomic mass is 16.3. The van der Waals surface area contributed by atoms with E-state index in [1.807, 2.05) is 0 Å². The third-order valence-corrected chi connectivity index (χ3v) is 2.75. The lowest BCUT2D eigenvalue weighted by Gasteiger charge is -2.12. The maximum atomic E-state index is 11.6. The summed E-state index contributed by atoms with van der Waals surface area (Å²) in [5.74, 6) is 0.319. The van der Waals surface area contributed by atoms with Crippen molar-refractivity contribution in [3.8, 4) is 0 Å². The molecule has 2 rings (SSSR count). The Morgan fingerprint density at radius 3 is 2.88 bits per heavy atom. The van der Waals surface area contributed by atoms with Gasteiger partial charge in [-0.3, -0.25) is 9.59 Å². The van der Waals surface area contributed by atoms with Crippen LogP contribution in [0.5, 0.6) is 0 Å². The summed E-state index contributed by atoms with van der Waals surface area (Å²) >= 11 is 0. The summed E-state index contributed by atoms with van der Waals surface area (Å²) in [6.07, 6.45) is 3.80. The van der Waals surface area contributed by atoms with Crippen LogP contribution in [0.25, 0.3) is 0 Å². The van der Waals surface area contributed by atoms with E-state index in [0.29, 0.717) is 12.5 Å². The van der Waals surface area contributed by atoms with Gasteiger partial charge in [0.2, 0.25) is 5.91 Å². The largest absolute Gasteiger partial charge is 0.459 e. The summed E-state index contributed by atoms with van der Waals surface area (Å²) in [6, 6.07) is 2.64. The van der Waals surface area contributed by atoms with Gasteiger partial charge in [-0.2, -0.15) is 0 Å². The van der Waals surface area contributed by atoms with E-state index >= 15 is 0 Å². The average Bonchev–Trinajstić information content (AvgIpc) is 2.97. The van der Waals surface area contributed by atoms with Gasteiger partial charge in [-0.15, -0.1) is 0 Å². The molecule has 0 radical (unpaired) electrons. The number of hydrogen-bond donors (Lipinski definition) is 2. The quantitative estimate of drug-likeness (QED) is 0.798. The highest BCUT2D eigenvalue weighted by Gasteiger charge is 2.23. The van der Waals surface area contributed by atoms with Crippen LogP contribution >= 0.6 is 0 Å². The van der Waals surface area contributed by atoms with Crippen molar-refractivity contribution in [3.05, 3.63) is 24.2 Å². The van der Waals surface area contributed by atoms with Crippen LogP contribution in [-0.2, 0) is 4.79 Å². The number of rotatable bonds is 5. The Morgan fingerprint density at radius 2 is 2.29 bits per heavy atom. The highest BCUT2D eigenvalue weighted by molar-refractivity contribution is 5.95. The maximum Gasteiger partial charge on any atom is 0.287 e. The molecule has 0 spiro atoms. The molecule has 1 aliphatic rings. The van der Waals surface area contributed by atoms with Crippen LogP contribution < -0.4 is 10.6 Å². The summed E-state index contributed by atoms with van der Waals surface area (Å²) in [7, 11) is 0. The molecule has 0 aromatic carbocycles. The number of nitrogens with one attached hydrogen (secondary N) is 2. The second-order valence-corrected chi connectivity index (χ2v) is 4.36. The van der Waals surface area contributed by atoms with Gasteiger partial charge in [0.15, 0.2) is 5.76 Å². The van der Waals surface area contributed by atoms with Crippen LogP contribution in [0, 0.1) is 5.92 Å². The number of hydrogen-bond acceptors (Lipinski definition) is 3. The van der Waals surface area contributed by atoms with Crippen molar-refractivity contribution in [1.29, 1.82) is 0 Å². The van der Waals surface area contributed by atoms with Gasteiger partial charge < -0.3 is 15.1 Å². The summed E-state index contributed by atoms with van der Waals surface area (Å²) in [5, 5.41) is 5.39. The predicted octanol–water partition coefficient (Wildman–Crippen LogP) is 0.924. The van der Waals surface area contributed by atoms with Crippen LogP contribution in [-0.4, -0.2) is 24.4 Å². The summed E-state index contributed by atoms with van der Waals surface area (Å²) < 4.78 is 4.94. The molecular weight excluding hydrogens is 220 g/mol. The molecule has 1 saturated carbocycles. The summed E-state index contributed by atoms with van der Waals surface area (Å²) in [6.45, 7) is 2.36. The van der Waals surface area contributed by atoms with E-state index in [1.165, 1.54) is 19.1 Å². The van der Waals surface area contributed by atoms with E-state index in [-0.39, 0.29) is 17.6 Å². The van der Waals surface area contributed by atoms with Gasteiger partial charge in [-0.25, -0.2) is 0 Å². The Hall–Kier alpha value is -1.78. The minimum atomic E-state index is -0.550. The normalized spacial score (nSPS) is 16.3. The fraction of sp³-hybridized carbons (Fsp3) is 0.500. The van der Waals surface area contributed by atoms with Gasteiger partial charge in [0, 0.05) is 6.54 Å². The minimum absolute atomic E-state index is 0.156. The molecule has 92 valence electrons. The number of carbonyl (C=O) groups is 2. The predicted molar refractivity (Wildman–Crippen MR) is 61.4 cm³/mol. The van der Waals surface area contributed by atoms with Gasteiger partial charge in [-0.05, 0) is 37.8 Å². The Morgan fingerprint density at radius 1 is 1.53 bits per heavy atom. The average molecular weight is 236 g/mol. The zero-order chi connectivity index (χ0) is 12.3. The molecule has 1 aromatic heterocycles. The molecule has 1 heterocycles. The number of amides is 2. The Labute approximate surface area is 99.6 Å². The van der Waals surface area contributed by atoms with Gasteiger partial charge >= 0.3 is 0 Å². The van der Waals surface area contributed by atoms with Crippen LogP contribution in [0.2, 0.25) is 0 Å². The zero-order valence-corrected chi connectivity index (χ0v) is 9.73. The SMILES string of the molecule is CC(NC(=O)c1ccco1)C(=O)NCC1CC1. The fourth-order valence-electron chi connectivity index (χ4n) is 1.46. The van der Waals surface area contributed by atoms with E-state index in [2.05, 4.69) is 10.6 Å². The van der Waals surface area contributed by atoms with E-state index < -0.39 is 6.04 Å². The molecule has 0 saturated heterocycles. The molecule has 1 fully saturated rings. The molecule has 2 amide bonds. The van der Waals surface area contributed by atoms with E-state index in [1.54, 1.807) is 19.1 Å². The van der Waals surface area contributed by atoms with E-state index in [4.69, 9.17) is 4.42 Å². The second kappa shape index (κ2) is 5.03. The molecule has 5 heteroatoms. The second-order valence-electron chi connectivity index (χ2n) is 4.36. The van der Waals surface area contributed by atoms with Gasteiger partial charge in [0.1, 0.15) is 6.04 Å². The first kappa shape index (κ1) is 11.7. The molecule has 1 atom stereocenters. The molecule has 17 heavy (non-hydrogen) atoms. The molecule has 2 N–H and O–H groups in total. The van der Waals surface area contributed by atoms with Crippen molar-refractivity contribution < 1.29 is 14.0 Å². The van der Waals surface area contributed by atoms with Crippen molar-refractivity contribution in [2.45, 2.75) is 25.8 Å². The standard InChI is InChI=1S/C12H16N2O3/c1-8(11(15)13-7-9-4-5-9)14-12(16)10-3-2-6-17-10/h2-3,6,8-9H,4-5,7H2,1H3,(H,13,15)(H,14,16). The summed E-state index contributed by atoms with van der Waals surface area (Å²) in [4.78, 5) is 23.2. The molecule has 1 aliphatic carbocycles. The lowest BCUT2D eigenvalue weighted by Crippen LogP contribution is -2.45. The summed E-state index contributed by atoms with van der Waals surface area (Å²) in [5.41, 5.74) is 0. The molecule has 0 bridgehead atoms. The molecule has 0 aliphatic heterocycles. The van der Waals surface area contributed by atoms with Crippen molar-refractivity contribution in [3.63, 3.8) is 0 Å². The van der Waals surface area contributed by atoms with Crippen molar-refractivity contribution in [2.75, 3.05) is 6.54 Å². The topological polar surface area (TPSA) is 71.3 Å². The monoisotopic (exact) mass is 236 g/mol. The Bertz CT molecular complexity index is 396. The molecule has 5 nitrogen and oxygen atoms in total. The first-order chi connectivity index (χ1) is 8.16. The smallest absolute Gasteiger partial charge is 0.287 e. The first-order valence-corrected chi connectivity index (χ1v) is 5.79. The van der Waals surface area contributed by atoms with E-state index in [9.17, 15) is 9.59 Å². The minimum Gasteiger partial charge on any atom is -0.459 e. The van der Waals surface area contributed by atoms with Gasteiger partial charge in [0.05, 0.1) is 6.26 Å². The zero-order valence-electron chi connectivity index (χ0n) is 9.73. The van der Waals surface area contributed by atoms with Gasteiger partial charge in [-0.1, -0.05) is 0 Å². The highest BCUT2D eigenvalue weighted by Crippen LogP contribution is 2.27. The molecule has 1 aromatic rings. The van der Waals surface area contributed by atoms with Crippen LogP contribution in [0.1, 0.15) is 30.3 Å². The van der Waals surface area contributed by atoms with Gasteiger partial charge in [0.25, 0.3) is 5.91 Å². The van der Waals surface area contributed by atoms with Crippen LogP contribution in [0.3, 0.4) is 0 Å². The van der Waals surface area contributed by atoms with Crippen molar-refractivity contribution >= 4 is 11.8 Å². The van der Waals surface area contributed by atoms with Crippen molar-refractivity contribution in [1.82, 2.24) is 10.6 Å². The van der Waals surface area contributed by atoms with Crippen molar-refractivity contribution in [2.24, 2.45) is 5.92 Å². The number of carbonyl (C=O) groups excluding carboxylic acids is 2. The maximum absolute atomic E-state index is 11.6.